The highest BCUT2D eigenvalue weighted by atomic mass is 16.3. The van der Waals surface area contributed by atoms with Crippen LogP contribution in [0.15, 0.2) is 24.3 Å². The Balaban J connectivity index is 1.76. The number of aromatic hydroxyl groups is 1. The molecule has 3 nitrogen and oxygen atoms in total. The van der Waals surface area contributed by atoms with Crippen molar-refractivity contribution in [3.8, 4) is 5.75 Å². The van der Waals surface area contributed by atoms with Crippen LogP contribution in [0.2, 0.25) is 0 Å². The topological polar surface area (TPSA) is 49.5 Å². The molecule has 0 amide bonds. The molecule has 3 heteroatoms. The van der Waals surface area contributed by atoms with Crippen molar-refractivity contribution < 1.29 is 5.11 Å². The Labute approximate surface area is 83.1 Å². The molecular weight excluding hydrogens is 176 g/mol. The molecular formula is C11H14N2O. The van der Waals surface area contributed by atoms with Crippen LogP contribution < -0.4 is 10.6 Å². The van der Waals surface area contributed by atoms with Crippen molar-refractivity contribution >= 4 is 5.69 Å². The summed E-state index contributed by atoms with van der Waals surface area (Å²) in [6.45, 7) is 2.16. The Kier molecular flexibility index (Phi) is 1.53. The Bertz CT molecular complexity index is 337. The number of phenols is 1. The van der Waals surface area contributed by atoms with Crippen molar-refractivity contribution in [2.75, 3.05) is 18.0 Å². The number of nitrogens with two attached hydrogens (primary N) is 1. The SMILES string of the molecule is NC1C2CN(c3ccc(O)cc3)CC12. The summed E-state index contributed by atoms with van der Waals surface area (Å²) in [4.78, 5) is 2.35. The van der Waals surface area contributed by atoms with Crippen molar-refractivity contribution in [2.24, 2.45) is 17.6 Å². The third-order valence-electron chi connectivity index (χ3n) is 3.48. The van der Waals surface area contributed by atoms with Crippen LogP contribution in [0, 0.1) is 11.8 Å². The van der Waals surface area contributed by atoms with E-state index in [-0.39, 0.29) is 0 Å². The van der Waals surface area contributed by atoms with Crippen LogP contribution in [-0.2, 0) is 0 Å². The molecule has 2 fully saturated rings. The second-order valence-electron chi connectivity index (χ2n) is 4.33. The fourth-order valence-corrected chi connectivity index (χ4v) is 2.45. The molecule has 1 aromatic carbocycles. The van der Waals surface area contributed by atoms with Gasteiger partial charge >= 0.3 is 0 Å². The third kappa shape index (κ3) is 1.09. The van der Waals surface area contributed by atoms with E-state index in [1.165, 1.54) is 5.69 Å². The van der Waals surface area contributed by atoms with Crippen LogP contribution in [0.1, 0.15) is 0 Å². The van der Waals surface area contributed by atoms with E-state index in [0.717, 1.165) is 13.1 Å². The molecule has 1 aliphatic carbocycles. The van der Waals surface area contributed by atoms with Crippen molar-refractivity contribution in [3.05, 3.63) is 24.3 Å². The third-order valence-corrected chi connectivity index (χ3v) is 3.48. The van der Waals surface area contributed by atoms with Gasteiger partial charge in [-0.05, 0) is 36.1 Å². The number of hydrogen-bond acceptors (Lipinski definition) is 3. The van der Waals surface area contributed by atoms with Crippen LogP contribution in [0.4, 0.5) is 5.69 Å². The molecule has 0 bridgehead atoms. The van der Waals surface area contributed by atoms with Crippen LogP contribution in [0.3, 0.4) is 0 Å². The zero-order valence-corrected chi connectivity index (χ0v) is 7.93. The zero-order valence-electron chi connectivity index (χ0n) is 7.93. The molecule has 14 heavy (non-hydrogen) atoms. The van der Waals surface area contributed by atoms with Crippen molar-refractivity contribution in [3.63, 3.8) is 0 Å². The van der Waals surface area contributed by atoms with Gasteiger partial charge < -0.3 is 15.7 Å². The minimum Gasteiger partial charge on any atom is -0.508 e. The van der Waals surface area contributed by atoms with Crippen molar-refractivity contribution in [1.29, 1.82) is 0 Å². The average Bonchev–Trinajstić information content (AvgIpc) is 2.66. The summed E-state index contributed by atoms with van der Waals surface area (Å²) < 4.78 is 0. The quantitative estimate of drug-likeness (QED) is 0.688. The smallest absolute Gasteiger partial charge is 0.115 e. The summed E-state index contributed by atoms with van der Waals surface area (Å²) in [7, 11) is 0. The average molecular weight is 190 g/mol. The Morgan fingerprint density at radius 3 is 2.29 bits per heavy atom. The molecule has 2 unspecified atom stereocenters. The lowest BCUT2D eigenvalue weighted by molar-refractivity contribution is 0.475. The molecule has 0 radical (unpaired) electrons. The first kappa shape index (κ1) is 8.12. The van der Waals surface area contributed by atoms with Gasteiger partial charge in [-0.1, -0.05) is 0 Å². The largest absolute Gasteiger partial charge is 0.508 e. The lowest BCUT2D eigenvalue weighted by Crippen LogP contribution is -2.27. The maximum atomic E-state index is 9.16. The maximum Gasteiger partial charge on any atom is 0.115 e. The maximum absolute atomic E-state index is 9.16. The first-order valence-corrected chi connectivity index (χ1v) is 5.05. The number of benzene rings is 1. The first-order chi connectivity index (χ1) is 6.75. The van der Waals surface area contributed by atoms with E-state index >= 15 is 0 Å². The summed E-state index contributed by atoms with van der Waals surface area (Å²) >= 11 is 0. The number of phenolic OH excluding ortho intramolecular Hbond substituents is 1. The van der Waals surface area contributed by atoms with Gasteiger partial charge in [0.05, 0.1) is 0 Å². The highest BCUT2D eigenvalue weighted by molar-refractivity contribution is 5.51. The van der Waals surface area contributed by atoms with Gasteiger partial charge in [0.1, 0.15) is 5.75 Å². The van der Waals surface area contributed by atoms with Gasteiger partial charge in [-0.15, -0.1) is 0 Å². The van der Waals surface area contributed by atoms with E-state index in [0.29, 0.717) is 23.6 Å². The minimum absolute atomic E-state index is 0.329. The predicted octanol–water partition coefficient (Wildman–Crippen LogP) is 0.785. The summed E-state index contributed by atoms with van der Waals surface area (Å²) in [6.07, 6.45) is 0. The Hall–Kier alpha value is -1.22. The highest BCUT2D eigenvalue weighted by Gasteiger charge is 2.53. The molecule has 2 aliphatic rings. The molecule has 74 valence electrons. The van der Waals surface area contributed by atoms with Crippen LogP contribution >= 0.6 is 0 Å². The monoisotopic (exact) mass is 190 g/mol. The molecule has 1 saturated carbocycles. The van der Waals surface area contributed by atoms with E-state index in [1.807, 2.05) is 12.1 Å². The molecule has 0 aromatic heterocycles. The first-order valence-electron chi connectivity index (χ1n) is 5.05. The molecule has 1 aromatic rings. The fraction of sp³-hybridized carbons (Fsp3) is 0.455. The molecule has 1 saturated heterocycles. The van der Waals surface area contributed by atoms with Gasteiger partial charge in [-0.2, -0.15) is 0 Å². The second kappa shape index (κ2) is 2.64. The van der Waals surface area contributed by atoms with Crippen LogP contribution in [-0.4, -0.2) is 24.2 Å². The molecule has 0 spiro atoms. The molecule has 2 atom stereocenters. The van der Waals surface area contributed by atoms with Gasteiger partial charge in [0.2, 0.25) is 0 Å². The molecule has 1 heterocycles. The standard InChI is InChI=1S/C11H14N2O/c12-11-9-5-13(6-10(9)11)7-1-3-8(14)4-2-7/h1-4,9-11,14H,5-6,12H2. The second-order valence-corrected chi connectivity index (χ2v) is 4.33. The Morgan fingerprint density at radius 2 is 1.71 bits per heavy atom. The number of hydrogen-bond donors (Lipinski definition) is 2. The molecule has 3 rings (SSSR count). The Morgan fingerprint density at radius 1 is 1.14 bits per heavy atom. The van der Waals surface area contributed by atoms with E-state index in [2.05, 4.69) is 4.90 Å². The lowest BCUT2D eigenvalue weighted by Gasteiger charge is -2.21. The van der Waals surface area contributed by atoms with Gasteiger partial charge in [0, 0.05) is 24.8 Å². The number of piperidine rings is 1. The van der Waals surface area contributed by atoms with Crippen LogP contribution in [0.25, 0.3) is 0 Å². The number of nitrogens with zero attached hydrogens (tertiary/aromatic N) is 1. The van der Waals surface area contributed by atoms with Crippen molar-refractivity contribution in [2.45, 2.75) is 6.04 Å². The minimum atomic E-state index is 0.329. The summed E-state index contributed by atoms with van der Waals surface area (Å²) in [6, 6.07) is 7.85. The summed E-state index contributed by atoms with van der Waals surface area (Å²) in [5, 5.41) is 9.16. The summed E-state index contributed by atoms with van der Waals surface area (Å²) in [5.41, 5.74) is 7.07. The number of fused-ring (bicyclic) bond motifs is 1. The predicted molar refractivity (Wildman–Crippen MR) is 55.3 cm³/mol. The van der Waals surface area contributed by atoms with E-state index in [9.17, 15) is 0 Å². The molecule has 1 aliphatic heterocycles. The normalized spacial score (nSPS) is 34.4. The van der Waals surface area contributed by atoms with Gasteiger partial charge in [-0.25, -0.2) is 0 Å². The zero-order chi connectivity index (χ0) is 9.71. The highest BCUT2D eigenvalue weighted by Crippen LogP contribution is 2.45. The lowest BCUT2D eigenvalue weighted by atomic mass is 10.2. The van der Waals surface area contributed by atoms with Crippen molar-refractivity contribution in [1.82, 2.24) is 0 Å². The van der Waals surface area contributed by atoms with Gasteiger partial charge in [0.15, 0.2) is 0 Å². The number of rotatable bonds is 1. The fourth-order valence-electron chi connectivity index (χ4n) is 2.45. The number of anilines is 1. The van der Waals surface area contributed by atoms with Gasteiger partial charge in [0.25, 0.3) is 0 Å². The van der Waals surface area contributed by atoms with Crippen LogP contribution in [0.5, 0.6) is 5.75 Å². The van der Waals surface area contributed by atoms with E-state index < -0.39 is 0 Å². The van der Waals surface area contributed by atoms with E-state index in [4.69, 9.17) is 10.8 Å². The van der Waals surface area contributed by atoms with E-state index in [1.54, 1.807) is 12.1 Å². The summed E-state index contributed by atoms with van der Waals surface area (Å²) in [5.74, 6) is 1.75. The van der Waals surface area contributed by atoms with Gasteiger partial charge in [-0.3, -0.25) is 0 Å². The molecule has 3 N–H and O–H groups in total.